The van der Waals surface area contributed by atoms with E-state index in [1.165, 1.54) is 0 Å². The van der Waals surface area contributed by atoms with Crippen molar-refractivity contribution in [3.8, 4) is 0 Å². The van der Waals surface area contributed by atoms with Crippen LogP contribution in [0, 0.1) is 0 Å². The molecule has 0 saturated carbocycles. The van der Waals surface area contributed by atoms with Crippen molar-refractivity contribution in [2.75, 3.05) is 11.9 Å². The molecule has 1 rings (SSSR count). The van der Waals surface area contributed by atoms with Gasteiger partial charge in [0.05, 0.1) is 6.54 Å². The second kappa shape index (κ2) is 6.70. The van der Waals surface area contributed by atoms with Gasteiger partial charge < -0.3 is 16.4 Å². The predicted octanol–water partition coefficient (Wildman–Crippen LogP) is 2.02. The normalized spacial score (nSPS) is 10.2. The molecule has 6 heteroatoms. The van der Waals surface area contributed by atoms with Gasteiger partial charge >= 0.3 is 0 Å². The number of amides is 1. The van der Waals surface area contributed by atoms with Gasteiger partial charge in [-0.3, -0.25) is 4.79 Å². The summed E-state index contributed by atoms with van der Waals surface area (Å²) >= 11 is 8.30. The van der Waals surface area contributed by atoms with Crippen molar-refractivity contribution >= 4 is 44.7 Å². The molecule has 18 heavy (non-hydrogen) atoms. The third-order valence-electron chi connectivity index (χ3n) is 2.14. The Bertz CT molecular complexity index is 463. The first-order valence-corrected chi connectivity index (χ1v) is 6.73. The summed E-state index contributed by atoms with van der Waals surface area (Å²) in [6.07, 6.45) is 0. The van der Waals surface area contributed by atoms with Crippen molar-refractivity contribution in [1.29, 1.82) is 0 Å². The van der Waals surface area contributed by atoms with Gasteiger partial charge in [0.2, 0.25) is 5.91 Å². The van der Waals surface area contributed by atoms with E-state index in [-0.39, 0.29) is 18.5 Å². The number of anilines is 1. The first kappa shape index (κ1) is 14.9. The van der Waals surface area contributed by atoms with Gasteiger partial charge in [-0.25, -0.2) is 0 Å². The zero-order chi connectivity index (χ0) is 13.7. The highest BCUT2D eigenvalue weighted by Crippen LogP contribution is 2.21. The molecule has 4 nitrogen and oxygen atoms in total. The lowest BCUT2D eigenvalue weighted by molar-refractivity contribution is -0.119. The topological polar surface area (TPSA) is 67.2 Å². The van der Waals surface area contributed by atoms with Crippen molar-refractivity contribution in [1.82, 2.24) is 5.32 Å². The van der Waals surface area contributed by atoms with Crippen molar-refractivity contribution in [2.45, 2.75) is 19.9 Å². The minimum Gasteiger partial charge on any atom is -0.389 e. The summed E-state index contributed by atoms with van der Waals surface area (Å²) in [5.41, 5.74) is 7.17. The molecule has 0 aliphatic heterocycles. The Morgan fingerprint density at radius 1 is 1.50 bits per heavy atom. The molecule has 0 bridgehead atoms. The van der Waals surface area contributed by atoms with E-state index >= 15 is 0 Å². The molecule has 0 aromatic heterocycles. The van der Waals surface area contributed by atoms with E-state index in [0.717, 1.165) is 15.7 Å². The zero-order valence-corrected chi connectivity index (χ0v) is 12.7. The lowest BCUT2D eigenvalue weighted by atomic mass is 10.2. The van der Waals surface area contributed by atoms with Crippen molar-refractivity contribution in [3.05, 3.63) is 28.2 Å². The number of carbonyl (C=O) groups excluding carboxylic acids is 1. The van der Waals surface area contributed by atoms with Crippen LogP contribution in [0.5, 0.6) is 0 Å². The summed E-state index contributed by atoms with van der Waals surface area (Å²) in [6.45, 7) is 4.08. The van der Waals surface area contributed by atoms with Gasteiger partial charge in [-0.05, 0) is 48.0 Å². The zero-order valence-electron chi connectivity index (χ0n) is 10.3. The van der Waals surface area contributed by atoms with Gasteiger partial charge in [0.25, 0.3) is 0 Å². The maximum absolute atomic E-state index is 11.5. The van der Waals surface area contributed by atoms with Crippen LogP contribution in [0.1, 0.15) is 19.4 Å². The number of rotatable bonds is 5. The number of benzene rings is 1. The molecular formula is C12H16BrN3OS. The first-order chi connectivity index (χ1) is 8.40. The monoisotopic (exact) mass is 329 g/mol. The molecule has 0 spiro atoms. The van der Waals surface area contributed by atoms with E-state index in [1.807, 2.05) is 32.0 Å². The quantitative estimate of drug-likeness (QED) is 0.723. The van der Waals surface area contributed by atoms with Gasteiger partial charge in [-0.2, -0.15) is 0 Å². The molecule has 1 amide bonds. The van der Waals surface area contributed by atoms with E-state index < -0.39 is 0 Å². The van der Waals surface area contributed by atoms with E-state index in [4.69, 9.17) is 18.0 Å². The summed E-state index contributed by atoms with van der Waals surface area (Å²) in [7, 11) is 0. The van der Waals surface area contributed by atoms with Crippen molar-refractivity contribution in [2.24, 2.45) is 5.73 Å². The summed E-state index contributed by atoms with van der Waals surface area (Å²) < 4.78 is 0.810. The molecule has 98 valence electrons. The van der Waals surface area contributed by atoms with Crippen LogP contribution >= 0.6 is 28.1 Å². The molecule has 0 fully saturated rings. The molecule has 1 aromatic carbocycles. The smallest absolute Gasteiger partial charge is 0.239 e. The number of nitrogens with one attached hydrogen (secondary N) is 2. The minimum atomic E-state index is -0.0421. The summed E-state index contributed by atoms with van der Waals surface area (Å²) in [5.74, 6) is -0.0421. The Balaban J connectivity index is 2.61. The van der Waals surface area contributed by atoms with Gasteiger partial charge in [-0.15, -0.1) is 0 Å². The van der Waals surface area contributed by atoms with Crippen molar-refractivity contribution in [3.63, 3.8) is 0 Å². The number of carbonyl (C=O) groups is 1. The standard InChI is InChI=1S/C12H16BrN3OS/c1-7(2)16-11(17)6-15-8-3-4-9(12(14)18)10(13)5-8/h3-5,7,15H,6H2,1-2H3,(H2,14,18)(H,16,17). The van der Waals surface area contributed by atoms with Crippen LogP contribution < -0.4 is 16.4 Å². The minimum absolute atomic E-state index is 0.0421. The summed E-state index contributed by atoms with van der Waals surface area (Å²) in [4.78, 5) is 11.8. The predicted molar refractivity (Wildman–Crippen MR) is 81.8 cm³/mol. The molecule has 0 saturated heterocycles. The fourth-order valence-electron chi connectivity index (χ4n) is 1.38. The van der Waals surface area contributed by atoms with E-state index in [0.29, 0.717) is 4.99 Å². The Morgan fingerprint density at radius 2 is 2.17 bits per heavy atom. The Labute approximate surface area is 120 Å². The van der Waals surface area contributed by atoms with Crippen LogP contribution in [0.2, 0.25) is 0 Å². The highest BCUT2D eigenvalue weighted by molar-refractivity contribution is 9.10. The number of halogens is 1. The lowest BCUT2D eigenvalue weighted by Gasteiger charge is -2.11. The highest BCUT2D eigenvalue weighted by Gasteiger charge is 2.06. The molecule has 0 unspecified atom stereocenters. The molecular weight excluding hydrogens is 314 g/mol. The van der Waals surface area contributed by atoms with Gasteiger partial charge in [0.15, 0.2) is 0 Å². The average molecular weight is 330 g/mol. The molecule has 0 atom stereocenters. The Hall–Kier alpha value is -1.14. The van der Waals surface area contributed by atoms with Crippen LogP contribution in [0.4, 0.5) is 5.69 Å². The van der Waals surface area contributed by atoms with E-state index in [1.54, 1.807) is 0 Å². The number of hydrogen-bond acceptors (Lipinski definition) is 3. The third kappa shape index (κ3) is 4.62. The Kier molecular flexibility index (Phi) is 5.55. The van der Waals surface area contributed by atoms with Crippen LogP contribution in [0.3, 0.4) is 0 Å². The fourth-order valence-corrected chi connectivity index (χ4v) is 2.28. The number of hydrogen-bond donors (Lipinski definition) is 3. The molecule has 4 N–H and O–H groups in total. The van der Waals surface area contributed by atoms with Crippen molar-refractivity contribution < 1.29 is 4.79 Å². The maximum atomic E-state index is 11.5. The van der Waals surface area contributed by atoms with Crippen LogP contribution in [-0.2, 0) is 4.79 Å². The SMILES string of the molecule is CC(C)NC(=O)CNc1ccc(C(N)=S)c(Br)c1. The van der Waals surface area contributed by atoms with Crippen LogP contribution in [0.25, 0.3) is 0 Å². The van der Waals surface area contributed by atoms with Crippen LogP contribution in [0.15, 0.2) is 22.7 Å². The fraction of sp³-hybridized carbons (Fsp3) is 0.333. The van der Waals surface area contributed by atoms with Crippen LogP contribution in [-0.4, -0.2) is 23.5 Å². The molecule has 0 heterocycles. The number of nitrogens with two attached hydrogens (primary N) is 1. The second-order valence-electron chi connectivity index (χ2n) is 4.13. The third-order valence-corrected chi connectivity index (χ3v) is 3.01. The van der Waals surface area contributed by atoms with Gasteiger partial charge in [0.1, 0.15) is 4.99 Å². The molecule has 1 aromatic rings. The molecule has 0 aliphatic rings. The Morgan fingerprint density at radius 3 is 2.67 bits per heavy atom. The van der Waals surface area contributed by atoms with Gasteiger partial charge in [0, 0.05) is 21.8 Å². The van der Waals surface area contributed by atoms with E-state index in [9.17, 15) is 4.79 Å². The average Bonchev–Trinajstić information content (AvgIpc) is 2.25. The summed E-state index contributed by atoms with van der Waals surface area (Å²) in [6, 6.07) is 5.64. The number of thiocarbonyl (C=S) groups is 1. The van der Waals surface area contributed by atoms with E-state index in [2.05, 4.69) is 26.6 Å². The van der Waals surface area contributed by atoms with Gasteiger partial charge in [-0.1, -0.05) is 12.2 Å². The lowest BCUT2D eigenvalue weighted by Crippen LogP contribution is -2.34. The molecule has 0 radical (unpaired) electrons. The first-order valence-electron chi connectivity index (χ1n) is 5.52. The highest BCUT2D eigenvalue weighted by atomic mass is 79.9. The second-order valence-corrected chi connectivity index (χ2v) is 5.43. The summed E-state index contributed by atoms with van der Waals surface area (Å²) in [5, 5.41) is 5.83. The molecule has 0 aliphatic carbocycles. The maximum Gasteiger partial charge on any atom is 0.239 e. The largest absolute Gasteiger partial charge is 0.389 e.